The highest BCUT2D eigenvalue weighted by atomic mass is 35.5. The number of amides is 1. The van der Waals surface area contributed by atoms with Crippen LogP contribution in [0.15, 0.2) is 97.1 Å². The van der Waals surface area contributed by atoms with Crippen LogP contribution in [0, 0.1) is 13.8 Å². The van der Waals surface area contributed by atoms with Crippen LogP contribution < -0.4 is 10.1 Å². The zero-order valence-corrected chi connectivity index (χ0v) is 22.5. The normalized spacial score (nSPS) is 10.8. The average Bonchev–Trinajstić information content (AvgIpc) is 3.28. The second-order valence-corrected chi connectivity index (χ2v) is 9.66. The van der Waals surface area contributed by atoms with E-state index < -0.39 is 5.97 Å². The van der Waals surface area contributed by atoms with Gasteiger partial charge in [0.1, 0.15) is 5.69 Å². The molecule has 4 aromatic carbocycles. The van der Waals surface area contributed by atoms with Crippen molar-refractivity contribution in [2.75, 3.05) is 5.32 Å². The van der Waals surface area contributed by atoms with E-state index in [2.05, 4.69) is 5.32 Å². The SMILES string of the molecule is CC(=O)Oc1c(-c2ccc(NC(=O)c3ccccc3Cl)cc2)c(-c2cccc(C)c2)nn1-c1cccc(C)c1. The molecule has 0 fully saturated rings. The Balaban J connectivity index is 1.62. The van der Waals surface area contributed by atoms with Gasteiger partial charge in [0, 0.05) is 18.2 Å². The van der Waals surface area contributed by atoms with Gasteiger partial charge in [-0.2, -0.15) is 9.78 Å². The molecule has 6 nitrogen and oxygen atoms in total. The summed E-state index contributed by atoms with van der Waals surface area (Å²) >= 11 is 6.19. The molecule has 0 aliphatic rings. The summed E-state index contributed by atoms with van der Waals surface area (Å²) in [6.07, 6.45) is 0. The number of carbonyl (C=O) groups excluding carboxylic acids is 2. The molecule has 5 rings (SSSR count). The van der Waals surface area contributed by atoms with Gasteiger partial charge in [0.15, 0.2) is 0 Å². The van der Waals surface area contributed by atoms with Crippen LogP contribution in [0.4, 0.5) is 5.69 Å². The highest BCUT2D eigenvalue weighted by Crippen LogP contribution is 2.41. The maximum Gasteiger partial charge on any atom is 0.309 e. The first-order valence-corrected chi connectivity index (χ1v) is 12.8. The van der Waals surface area contributed by atoms with Crippen molar-refractivity contribution in [1.82, 2.24) is 9.78 Å². The Hall–Kier alpha value is -4.68. The molecule has 1 N–H and O–H groups in total. The van der Waals surface area contributed by atoms with Gasteiger partial charge in [-0.05, 0) is 67.4 Å². The largest absolute Gasteiger partial charge is 0.407 e. The molecule has 39 heavy (non-hydrogen) atoms. The molecule has 0 aliphatic heterocycles. The maximum atomic E-state index is 12.8. The van der Waals surface area contributed by atoms with Gasteiger partial charge < -0.3 is 10.1 Å². The smallest absolute Gasteiger partial charge is 0.309 e. The van der Waals surface area contributed by atoms with Crippen LogP contribution in [0.2, 0.25) is 5.02 Å². The van der Waals surface area contributed by atoms with E-state index in [0.717, 1.165) is 27.9 Å². The van der Waals surface area contributed by atoms with Crippen molar-refractivity contribution in [1.29, 1.82) is 0 Å². The third-order valence-electron chi connectivity index (χ3n) is 6.17. The molecule has 0 atom stereocenters. The van der Waals surface area contributed by atoms with Crippen LogP contribution >= 0.6 is 11.6 Å². The lowest BCUT2D eigenvalue weighted by atomic mass is 10.00. The predicted octanol–water partition coefficient (Wildman–Crippen LogP) is 7.65. The van der Waals surface area contributed by atoms with Gasteiger partial charge in [-0.3, -0.25) is 9.59 Å². The van der Waals surface area contributed by atoms with Gasteiger partial charge in [-0.25, -0.2) is 0 Å². The molecule has 0 aliphatic carbocycles. The minimum Gasteiger partial charge on any atom is -0.407 e. The molecule has 0 radical (unpaired) electrons. The van der Waals surface area contributed by atoms with E-state index >= 15 is 0 Å². The Morgan fingerprint density at radius 2 is 1.51 bits per heavy atom. The quantitative estimate of drug-likeness (QED) is 0.227. The fourth-order valence-corrected chi connectivity index (χ4v) is 4.61. The predicted molar refractivity (Wildman–Crippen MR) is 155 cm³/mol. The summed E-state index contributed by atoms with van der Waals surface area (Å²) in [7, 11) is 0. The molecule has 194 valence electrons. The van der Waals surface area contributed by atoms with Gasteiger partial charge in [-0.1, -0.05) is 71.8 Å². The van der Waals surface area contributed by atoms with E-state index in [1.165, 1.54) is 6.92 Å². The van der Waals surface area contributed by atoms with Crippen LogP contribution in [0.3, 0.4) is 0 Å². The third-order valence-corrected chi connectivity index (χ3v) is 6.50. The number of hydrogen-bond acceptors (Lipinski definition) is 4. The van der Waals surface area contributed by atoms with E-state index in [9.17, 15) is 9.59 Å². The van der Waals surface area contributed by atoms with Gasteiger partial charge in [-0.15, -0.1) is 0 Å². The molecule has 1 amide bonds. The Morgan fingerprint density at radius 1 is 0.821 bits per heavy atom. The molecule has 1 heterocycles. The molecule has 0 spiro atoms. The Labute approximate surface area is 231 Å². The zero-order chi connectivity index (χ0) is 27.5. The fraction of sp³-hybridized carbons (Fsp3) is 0.0938. The number of aryl methyl sites for hydroxylation is 2. The summed E-state index contributed by atoms with van der Waals surface area (Å²) in [5, 5.41) is 8.20. The lowest BCUT2D eigenvalue weighted by Gasteiger charge is -2.11. The fourth-order valence-electron chi connectivity index (χ4n) is 4.39. The van der Waals surface area contributed by atoms with Crippen LogP contribution in [-0.2, 0) is 4.79 Å². The number of ether oxygens (including phenoxy) is 1. The highest BCUT2D eigenvalue weighted by Gasteiger charge is 2.25. The van der Waals surface area contributed by atoms with Crippen LogP contribution in [0.25, 0.3) is 28.1 Å². The van der Waals surface area contributed by atoms with Crippen molar-refractivity contribution in [3.05, 3.63) is 119 Å². The van der Waals surface area contributed by atoms with Gasteiger partial charge in [0.2, 0.25) is 5.88 Å². The number of rotatable bonds is 6. The first-order chi connectivity index (χ1) is 18.8. The summed E-state index contributed by atoms with van der Waals surface area (Å²) in [5.74, 6) is -0.441. The van der Waals surface area contributed by atoms with Crippen molar-refractivity contribution < 1.29 is 14.3 Å². The third kappa shape index (κ3) is 5.61. The number of halogens is 1. The molecule has 1 aromatic heterocycles. The summed E-state index contributed by atoms with van der Waals surface area (Å²) < 4.78 is 7.46. The van der Waals surface area contributed by atoms with Crippen molar-refractivity contribution in [2.24, 2.45) is 0 Å². The maximum absolute atomic E-state index is 12.8. The topological polar surface area (TPSA) is 73.2 Å². The van der Waals surface area contributed by atoms with Crippen molar-refractivity contribution in [3.63, 3.8) is 0 Å². The Kier molecular flexibility index (Phi) is 7.30. The Morgan fingerprint density at radius 3 is 2.18 bits per heavy atom. The lowest BCUT2D eigenvalue weighted by Crippen LogP contribution is -2.12. The molecular weight excluding hydrogens is 510 g/mol. The number of hydrogen-bond donors (Lipinski definition) is 1. The monoisotopic (exact) mass is 535 g/mol. The summed E-state index contributed by atoms with van der Waals surface area (Å²) in [4.78, 5) is 25.0. The summed E-state index contributed by atoms with van der Waals surface area (Å²) in [5.41, 5.74) is 6.89. The van der Waals surface area contributed by atoms with E-state index in [1.54, 1.807) is 41.1 Å². The minimum absolute atomic E-state index is 0.304. The van der Waals surface area contributed by atoms with Crippen molar-refractivity contribution in [3.8, 4) is 34.0 Å². The van der Waals surface area contributed by atoms with Crippen LogP contribution in [0.1, 0.15) is 28.4 Å². The molecule has 0 saturated heterocycles. The number of aromatic nitrogens is 2. The summed E-state index contributed by atoms with van der Waals surface area (Å²) in [6.45, 7) is 5.39. The van der Waals surface area contributed by atoms with Crippen LogP contribution in [0.5, 0.6) is 5.88 Å². The zero-order valence-electron chi connectivity index (χ0n) is 21.7. The molecule has 0 unspecified atom stereocenters. The van der Waals surface area contributed by atoms with E-state index in [-0.39, 0.29) is 5.91 Å². The van der Waals surface area contributed by atoms with Gasteiger partial charge in [0.05, 0.1) is 21.8 Å². The van der Waals surface area contributed by atoms with Crippen molar-refractivity contribution in [2.45, 2.75) is 20.8 Å². The number of nitrogens with zero attached hydrogens (tertiary/aromatic N) is 2. The molecule has 0 saturated carbocycles. The van der Waals surface area contributed by atoms with E-state index in [4.69, 9.17) is 21.4 Å². The molecule has 5 aromatic rings. The highest BCUT2D eigenvalue weighted by molar-refractivity contribution is 6.34. The van der Waals surface area contributed by atoms with Gasteiger partial charge >= 0.3 is 5.97 Å². The van der Waals surface area contributed by atoms with Crippen molar-refractivity contribution >= 4 is 29.2 Å². The Bertz CT molecular complexity index is 1690. The number of anilines is 1. The minimum atomic E-state index is -0.454. The number of nitrogens with one attached hydrogen (secondary N) is 1. The van der Waals surface area contributed by atoms with Gasteiger partial charge in [0.25, 0.3) is 5.91 Å². The summed E-state index contributed by atoms with van der Waals surface area (Å²) in [6, 6.07) is 30.1. The average molecular weight is 536 g/mol. The molecule has 7 heteroatoms. The molecular formula is C32H26ClN3O3. The second-order valence-electron chi connectivity index (χ2n) is 9.25. The number of benzene rings is 4. The second kappa shape index (κ2) is 11.0. The standard InChI is InChI=1S/C32H26ClN3O3/c1-20-8-6-10-24(18-20)30-29(32(39-22(3)37)36(35-30)26-11-7-9-21(2)19-26)23-14-16-25(17-15-23)34-31(38)27-12-4-5-13-28(27)33/h4-19H,1-3H3,(H,34,38). The first kappa shape index (κ1) is 25.9. The van der Waals surface area contributed by atoms with E-state index in [0.29, 0.717) is 33.4 Å². The van der Waals surface area contributed by atoms with E-state index in [1.807, 2.05) is 74.5 Å². The van der Waals surface area contributed by atoms with Crippen LogP contribution in [-0.4, -0.2) is 21.7 Å². The number of carbonyl (C=O) groups is 2. The first-order valence-electron chi connectivity index (χ1n) is 12.4. The molecule has 0 bridgehead atoms. The number of esters is 1. The lowest BCUT2D eigenvalue weighted by molar-refractivity contribution is -0.132.